The van der Waals surface area contributed by atoms with Crippen LogP contribution < -0.4 is 53.2 Å². The molecule has 8 unspecified atom stereocenters. The second kappa shape index (κ2) is 71.1. The lowest BCUT2D eigenvalue weighted by molar-refractivity contribution is -0.277. The molecule has 0 aliphatic carbocycles. The van der Waals surface area contributed by atoms with Crippen molar-refractivity contribution in [1.29, 1.82) is 0 Å². The standard InChI is InChI=1S/C93H154N10O37/c1-58(2)32-21-19-17-15-16-18-20-22-36-80(122)103-93(55-123-49-37-77(119)97-43-29-40-94-74(116)33-23-26-46-126-90-81(100-59(3)104)87(135-68(12)113)84(132-65(9)110)71(138-90)52-129-62(6)107,56-124-50-38-78(120)98-44-30-41-95-75(117)34-24-27-47-127-91-82(101-60(4)105)88(136-69(13)114)85(133-66(10)111)72(139-91)53-130-63(7)108)57-125-51-39-79(121)99-45-31-42-96-76(118)35-25-28-48-128-92-83(102-61(5)106)89(137-70(14)115)86(134-67(11)112)73(140-92)54-131-64(8)109/h58,71-73,81-92H,15-57H2,1-14H3,(H,94,116)(H,95,117)(H,96,118)(H,97,119)(H,98,120)(H,99,121)(H,100,104)(H,101,105)(H,102,106)(H,103,122)/t71?,72?,73?,81-,82?,83?,84+,85+,86+,87?,88?,89?,90-,91-,92-,93?/m1/s1. The van der Waals surface area contributed by atoms with Gasteiger partial charge >= 0.3 is 53.7 Å². The number of ether oxygens (including phenoxy) is 18. The van der Waals surface area contributed by atoms with E-state index in [1.165, 1.54) is 33.6 Å². The predicted octanol–water partition coefficient (Wildman–Crippen LogP) is 2.01. The van der Waals surface area contributed by atoms with E-state index in [0.29, 0.717) is 70.1 Å². The first-order valence-corrected chi connectivity index (χ1v) is 48.3. The number of hydrogen-bond acceptors (Lipinski definition) is 37. The van der Waals surface area contributed by atoms with Crippen molar-refractivity contribution in [1.82, 2.24) is 53.2 Å². The number of hydrogen-bond donors (Lipinski definition) is 10. The summed E-state index contributed by atoms with van der Waals surface area (Å²) in [5.74, 6) is -10.0. The molecule has 0 radical (unpaired) electrons. The van der Waals surface area contributed by atoms with Crippen LogP contribution in [0.3, 0.4) is 0 Å². The summed E-state index contributed by atoms with van der Waals surface area (Å²) in [6, 6.07) is -3.50. The first kappa shape index (κ1) is 124. The summed E-state index contributed by atoms with van der Waals surface area (Å²) < 4.78 is 103. The summed E-state index contributed by atoms with van der Waals surface area (Å²) in [6.45, 7) is 16.9. The SMILES string of the molecule is CC(=O)NC1C(OC(C)=O)[C@@H](OC(C)=O)C(COC(C)=O)O[C@H]1OCCCCC(=O)NCCCNC(=O)CCOCC(COCCC(=O)NCCCNC(=O)CCCCO[C@@H]1OC(COC(C)=O)[C@H](OC(C)=O)C(OC(C)=O)C1NC(C)=O)(COCCC(=O)NCCCNC(=O)CCCCO[C@@H]1OC(COC(C)=O)[C@H](OC(C)=O)C(OC(C)=O)[C@H]1NC(C)=O)NC(=O)CCCCCCCCCCC(C)C. The van der Waals surface area contributed by atoms with E-state index in [1.807, 2.05) is 0 Å². The number of carbonyl (C=O) groups is 19. The third-order valence-corrected chi connectivity index (χ3v) is 21.3. The molecule has 3 rings (SSSR count). The molecular weight excluding hydrogens is 1850 g/mol. The van der Waals surface area contributed by atoms with Gasteiger partial charge in [0.2, 0.25) is 59.1 Å². The molecular formula is C93H154N10O37. The van der Waals surface area contributed by atoms with E-state index in [0.717, 1.165) is 101 Å². The lowest BCUT2D eigenvalue weighted by atomic mass is 9.96. The molecule has 0 aromatic heterocycles. The largest absolute Gasteiger partial charge is 0.463 e. The van der Waals surface area contributed by atoms with Gasteiger partial charge in [-0.15, -0.1) is 0 Å². The maximum atomic E-state index is 14.1. The fourth-order valence-electron chi connectivity index (χ4n) is 15.0. The van der Waals surface area contributed by atoms with E-state index in [2.05, 4.69) is 67.0 Å². The van der Waals surface area contributed by atoms with E-state index in [1.54, 1.807) is 0 Å². The van der Waals surface area contributed by atoms with Crippen molar-refractivity contribution in [3.05, 3.63) is 0 Å². The van der Waals surface area contributed by atoms with Gasteiger partial charge in [-0.3, -0.25) is 91.1 Å². The second-order valence-corrected chi connectivity index (χ2v) is 34.8. The van der Waals surface area contributed by atoms with Crippen LogP contribution in [0.5, 0.6) is 0 Å². The van der Waals surface area contributed by atoms with Crippen molar-refractivity contribution >= 4 is 113 Å². The Labute approximate surface area is 818 Å². The summed E-state index contributed by atoms with van der Waals surface area (Å²) in [5, 5.41) is 27.8. The number of nitrogens with one attached hydrogen (secondary N) is 10. The van der Waals surface area contributed by atoms with E-state index >= 15 is 0 Å². The summed E-state index contributed by atoms with van der Waals surface area (Å²) >= 11 is 0. The molecule has 0 bridgehead atoms. The smallest absolute Gasteiger partial charge is 0.303 e. The topological polar surface area (TPSA) is 611 Å². The summed E-state index contributed by atoms with van der Waals surface area (Å²) in [7, 11) is 0. The minimum atomic E-state index is -1.44. The molecule has 0 saturated carbocycles. The van der Waals surface area contributed by atoms with Crippen molar-refractivity contribution < 1.29 is 176 Å². The maximum absolute atomic E-state index is 14.1. The highest BCUT2D eigenvalue weighted by Crippen LogP contribution is 2.32. The third kappa shape index (κ3) is 56.3. The van der Waals surface area contributed by atoms with Gasteiger partial charge in [0.05, 0.1) is 39.6 Å². The van der Waals surface area contributed by atoms with Gasteiger partial charge in [-0.1, -0.05) is 65.2 Å². The van der Waals surface area contributed by atoms with Gasteiger partial charge in [-0.2, -0.15) is 0 Å². The molecule has 3 heterocycles. The Kier molecular flexibility index (Phi) is 62.8. The lowest BCUT2D eigenvalue weighted by Gasteiger charge is -2.44. The van der Waals surface area contributed by atoms with E-state index in [9.17, 15) is 91.1 Å². The first-order valence-electron chi connectivity index (χ1n) is 48.3. The zero-order valence-electron chi connectivity index (χ0n) is 83.7. The van der Waals surface area contributed by atoms with Crippen molar-refractivity contribution in [2.75, 3.05) is 119 Å². The van der Waals surface area contributed by atoms with Crippen molar-refractivity contribution in [3.8, 4) is 0 Å². The Bertz CT molecular complexity index is 3520. The number of esters is 9. The molecule has 47 heteroatoms. The average Bonchev–Trinajstić information content (AvgIpc) is 0.796. The van der Waals surface area contributed by atoms with Crippen molar-refractivity contribution in [2.45, 2.75) is 355 Å². The Hall–Kier alpha value is -10.4. The molecule has 0 spiro atoms. The van der Waals surface area contributed by atoms with Gasteiger partial charge in [0.15, 0.2) is 55.5 Å². The van der Waals surface area contributed by atoms with Crippen molar-refractivity contribution in [3.63, 3.8) is 0 Å². The average molecular weight is 2000 g/mol. The first-order chi connectivity index (χ1) is 66.6. The zero-order chi connectivity index (χ0) is 104. The quantitative estimate of drug-likeness (QED) is 0.0236. The van der Waals surface area contributed by atoms with Crippen LogP contribution in [0.2, 0.25) is 0 Å². The van der Waals surface area contributed by atoms with E-state index in [-0.39, 0.29) is 167 Å². The third-order valence-electron chi connectivity index (χ3n) is 21.3. The fraction of sp³-hybridized carbons (Fsp3) is 0.796. The minimum Gasteiger partial charge on any atom is -0.463 e. The number of carbonyl (C=O) groups excluding carboxylic acids is 19. The van der Waals surface area contributed by atoms with Crippen LogP contribution in [-0.2, 0) is 176 Å². The second-order valence-electron chi connectivity index (χ2n) is 34.8. The predicted molar refractivity (Wildman–Crippen MR) is 492 cm³/mol. The van der Waals surface area contributed by atoms with Crippen LogP contribution in [0.15, 0.2) is 0 Å². The van der Waals surface area contributed by atoms with Gasteiger partial charge < -0.3 is 138 Å². The molecule has 10 amide bonds. The molecule has 3 saturated heterocycles. The lowest BCUT2D eigenvalue weighted by Crippen LogP contribution is -2.66. The highest BCUT2D eigenvalue weighted by atomic mass is 16.7. The van der Waals surface area contributed by atoms with Crippen LogP contribution in [0.25, 0.3) is 0 Å². The van der Waals surface area contributed by atoms with Gasteiger partial charge in [0.25, 0.3) is 0 Å². The Morgan fingerprint density at radius 3 is 0.750 bits per heavy atom. The maximum Gasteiger partial charge on any atom is 0.303 e. The fourth-order valence-corrected chi connectivity index (χ4v) is 15.0. The molecule has 798 valence electrons. The molecule has 0 aromatic carbocycles. The minimum absolute atomic E-state index is 0.00678. The van der Waals surface area contributed by atoms with E-state index in [4.69, 9.17) is 85.3 Å². The van der Waals surface area contributed by atoms with Crippen LogP contribution in [-0.4, -0.2) is 329 Å². The molecule has 3 fully saturated rings. The molecule has 3 aliphatic rings. The molecule has 10 N–H and O–H groups in total. The van der Waals surface area contributed by atoms with Gasteiger partial charge in [-0.05, 0) is 70.1 Å². The Morgan fingerprint density at radius 2 is 0.500 bits per heavy atom. The van der Waals surface area contributed by atoms with Crippen LogP contribution in [0.4, 0.5) is 0 Å². The van der Waals surface area contributed by atoms with Gasteiger partial charge in [0.1, 0.15) is 61.8 Å². The molecule has 15 atom stereocenters. The summed E-state index contributed by atoms with van der Waals surface area (Å²) in [4.78, 5) is 238. The highest BCUT2D eigenvalue weighted by molar-refractivity contribution is 5.80. The monoisotopic (exact) mass is 2000 g/mol. The highest BCUT2D eigenvalue weighted by Gasteiger charge is 2.55. The Balaban J connectivity index is 1.67. The molecule has 140 heavy (non-hydrogen) atoms. The zero-order valence-corrected chi connectivity index (χ0v) is 83.7. The number of rotatable bonds is 72. The molecule has 47 nitrogen and oxygen atoms in total. The van der Waals surface area contributed by atoms with Crippen LogP contribution in [0, 0.1) is 5.92 Å². The summed E-state index contributed by atoms with van der Waals surface area (Å²) in [5.41, 5.74) is -1.44. The molecule has 3 aliphatic heterocycles. The van der Waals surface area contributed by atoms with E-state index < -0.39 is 206 Å². The van der Waals surface area contributed by atoms with Gasteiger partial charge in [-0.25, -0.2) is 0 Å². The van der Waals surface area contributed by atoms with Gasteiger partial charge in [0, 0.05) is 187 Å². The Morgan fingerprint density at radius 1 is 0.264 bits per heavy atom. The number of unbranched alkanes of at least 4 members (excludes halogenated alkanes) is 10. The normalized spacial score (nSPS) is 21.3. The van der Waals surface area contributed by atoms with Crippen LogP contribution >= 0.6 is 0 Å². The number of amides is 10. The van der Waals surface area contributed by atoms with Crippen molar-refractivity contribution in [2.24, 2.45) is 5.92 Å². The van der Waals surface area contributed by atoms with Crippen LogP contribution in [0.1, 0.15) is 257 Å². The molecule has 0 aromatic rings. The summed E-state index contributed by atoms with van der Waals surface area (Å²) in [6.07, 6.45) is -3.18.